The molecule has 0 radical (unpaired) electrons. The van der Waals surface area contributed by atoms with Crippen LogP contribution in [0.5, 0.6) is 0 Å². The van der Waals surface area contributed by atoms with Gasteiger partial charge in [0.15, 0.2) is 10.0 Å². The molecule has 0 aliphatic heterocycles. The van der Waals surface area contributed by atoms with Crippen LogP contribution in [0, 0.1) is 0 Å². The van der Waals surface area contributed by atoms with Crippen molar-refractivity contribution in [1.29, 1.82) is 0 Å². The summed E-state index contributed by atoms with van der Waals surface area (Å²) in [5.74, 6) is -0.586. The van der Waals surface area contributed by atoms with Crippen molar-refractivity contribution in [2.45, 2.75) is 56.5 Å². The van der Waals surface area contributed by atoms with E-state index in [1.807, 2.05) is 34.0 Å². The predicted octanol–water partition coefficient (Wildman–Crippen LogP) is 2.69. The number of hydrogen-bond acceptors (Lipinski definition) is 7. The Hall–Kier alpha value is -1.28. The number of nitrogens with one attached hydrogen (secondary N) is 1. The zero-order chi connectivity index (χ0) is 16.9. The van der Waals surface area contributed by atoms with Crippen molar-refractivity contribution in [3.8, 4) is 0 Å². The number of aromatic nitrogens is 1. The number of carbonyl (C=O) groups excluding carboxylic acids is 2. The van der Waals surface area contributed by atoms with Gasteiger partial charge in [-0.1, -0.05) is 23.1 Å². The molecule has 0 bridgehead atoms. The van der Waals surface area contributed by atoms with E-state index >= 15 is 0 Å². The Morgan fingerprint density at radius 3 is 2.59 bits per heavy atom. The molecule has 1 aromatic rings. The lowest BCUT2D eigenvalue weighted by molar-refractivity contribution is -0.155. The molecule has 22 heavy (non-hydrogen) atoms. The average molecular weight is 345 g/mol. The van der Waals surface area contributed by atoms with Gasteiger partial charge in [-0.15, -0.1) is 0 Å². The highest BCUT2D eigenvalue weighted by molar-refractivity contribution is 8.00. The van der Waals surface area contributed by atoms with Crippen LogP contribution in [0.15, 0.2) is 4.34 Å². The summed E-state index contributed by atoms with van der Waals surface area (Å²) in [6, 6.07) is -0.168. The molecule has 1 aromatic heterocycles. The molecule has 0 aliphatic carbocycles. The number of ether oxygens (including phenoxy) is 1. The minimum Gasteiger partial charge on any atom is -0.460 e. The lowest BCUT2D eigenvalue weighted by Crippen LogP contribution is -2.34. The van der Waals surface area contributed by atoms with Gasteiger partial charge in [0.1, 0.15) is 10.6 Å². The van der Waals surface area contributed by atoms with Gasteiger partial charge in [0.2, 0.25) is 0 Å². The van der Waals surface area contributed by atoms with Gasteiger partial charge in [-0.25, -0.2) is 4.98 Å². The molecule has 0 saturated carbocycles. The summed E-state index contributed by atoms with van der Waals surface area (Å²) in [6.07, 6.45) is 2.63. The molecule has 0 unspecified atom stereocenters. The molecule has 0 aliphatic rings. The van der Waals surface area contributed by atoms with Crippen molar-refractivity contribution in [3.05, 3.63) is 5.69 Å². The second kappa shape index (κ2) is 7.82. The fourth-order valence-electron chi connectivity index (χ4n) is 1.65. The molecular weight excluding hydrogens is 322 g/mol. The van der Waals surface area contributed by atoms with Crippen molar-refractivity contribution in [1.82, 2.24) is 10.3 Å². The SMILES string of the molecule is CSc1nc(C(=O)N[C@@H](C)CCC(=O)OC(C)(C)C)c(N)s1. The van der Waals surface area contributed by atoms with Crippen LogP contribution < -0.4 is 11.1 Å². The maximum atomic E-state index is 12.1. The van der Waals surface area contributed by atoms with Crippen LogP contribution in [0.25, 0.3) is 0 Å². The first-order valence-corrected chi connectivity index (χ1v) is 8.99. The van der Waals surface area contributed by atoms with Gasteiger partial charge in [0, 0.05) is 12.5 Å². The van der Waals surface area contributed by atoms with Crippen LogP contribution in [0.3, 0.4) is 0 Å². The first-order valence-electron chi connectivity index (χ1n) is 6.95. The third-order valence-electron chi connectivity index (χ3n) is 2.60. The monoisotopic (exact) mass is 345 g/mol. The lowest BCUT2D eigenvalue weighted by Gasteiger charge is -2.20. The number of nitrogens with zero attached hydrogens (tertiary/aromatic N) is 1. The topological polar surface area (TPSA) is 94.3 Å². The molecule has 8 heteroatoms. The fourth-order valence-corrected chi connectivity index (χ4v) is 3.00. The summed E-state index contributed by atoms with van der Waals surface area (Å²) >= 11 is 2.73. The van der Waals surface area contributed by atoms with Crippen molar-refractivity contribution in [2.75, 3.05) is 12.0 Å². The second-order valence-electron chi connectivity index (χ2n) is 5.90. The summed E-state index contributed by atoms with van der Waals surface area (Å²) < 4.78 is 5.98. The minimum absolute atomic E-state index is 0.168. The Morgan fingerprint density at radius 1 is 1.45 bits per heavy atom. The number of thiazole rings is 1. The predicted molar refractivity (Wildman–Crippen MR) is 90.3 cm³/mol. The quantitative estimate of drug-likeness (QED) is 0.608. The Morgan fingerprint density at radius 2 is 2.09 bits per heavy atom. The molecule has 0 aromatic carbocycles. The fraction of sp³-hybridized carbons (Fsp3) is 0.643. The van der Waals surface area contributed by atoms with Gasteiger partial charge in [0.25, 0.3) is 5.91 Å². The summed E-state index contributed by atoms with van der Waals surface area (Å²) in [7, 11) is 0. The highest BCUT2D eigenvalue weighted by atomic mass is 32.2. The summed E-state index contributed by atoms with van der Waals surface area (Å²) in [5, 5.41) is 3.20. The van der Waals surface area contributed by atoms with Crippen LogP contribution in [-0.4, -0.2) is 34.8 Å². The normalized spacial score (nSPS) is 12.8. The molecule has 3 N–H and O–H groups in total. The van der Waals surface area contributed by atoms with E-state index in [1.54, 1.807) is 0 Å². The number of hydrogen-bond donors (Lipinski definition) is 2. The van der Waals surface area contributed by atoms with E-state index in [4.69, 9.17) is 10.5 Å². The van der Waals surface area contributed by atoms with E-state index in [1.165, 1.54) is 23.1 Å². The maximum Gasteiger partial charge on any atom is 0.306 e. The van der Waals surface area contributed by atoms with Crippen molar-refractivity contribution >= 4 is 40.0 Å². The summed E-state index contributed by atoms with van der Waals surface area (Å²) in [5.41, 5.74) is 5.55. The first-order chi connectivity index (χ1) is 10.1. The maximum absolute atomic E-state index is 12.1. The molecule has 124 valence electrons. The van der Waals surface area contributed by atoms with Crippen LogP contribution in [0.4, 0.5) is 5.00 Å². The zero-order valence-corrected chi connectivity index (χ0v) is 15.2. The highest BCUT2D eigenvalue weighted by Gasteiger charge is 2.20. The number of rotatable bonds is 6. The number of thioether (sulfide) groups is 1. The molecule has 0 saturated heterocycles. The van der Waals surface area contributed by atoms with E-state index in [0.29, 0.717) is 11.4 Å². The zero-order valence-electron chi connectivity index (χ0n) is 13.6. The van der Waals surface area contributed by atoms with Gasteiger partial charge >= 0.3 is 5.97 Å². The standard InChI is InChI=1S/C14H23N3O3S2/c1-8(6-7-9(18)20-14(2,3)4)16-12(19)10-11(15)22-13(17-10)21-5/h8H,6-7,15H2,1-5H3,(H,16,19)/t8-/m0/s1. The Labute approximate surface area is 139 Å². The summed E-state index contributed by atoms with van der Waals surface area (Å²) in [6.45, 7) is 7.31. The molecule has 6 nitrogen and oxygen atoms in total. The largest absolute Gasteiger partial charge is 0.460 e. The van der Waals surface area contributed by atoms with E-state index < -0.39 is 5.60 Å². The number of anilines is 1. The molecule has 1 heterocycles. The van der Waals surface area contributed by atoms with Crippen molar-refractivity contribution in [3.63, 3.8) is 0 Å². The van der Waals surface area contributed by atoms with E-state index in [0.717, 1.165) is 4.34 Å². The Kier molecular flexibility index (Phi) is 6.67. The number of nitrogen functional groups attached to an aromatic ring is 1. The Bertz CT molecular complexity index is 538. The first kappa shape index (κ1) is 18.8. The smallest absolute Gasteiger partial charge is 0.306 e. The number of carbonyl (C=O) groups is 2. The van der Waals surface area contributed by atoms with Crippen molar-refractivity contribution in [2.24, 2.45) is 0 Å². The number of esters is 1. The molecule has 0 fully saturated rings. The Balaban J connectivity index is 2.47. The summed E-state index contributed by atoms with van der Waals surface area (Å²) in [4.78, 5) is 27.9. The van der Waals surface area contributed by atoms with Crippen LogP contribution in [0.2, 0.25) is 0 Å². The van der Waals surface area contributed by atoms with E-state index in [2.05, 4.69) is 10.3 Å². The third kappa shape index (κ3) is 6.23. The molecule has 1 amide bonds. The van der Waals surface area contributed by atoms with Gasteiger partial charge in [-0.2, -0.15) is 0 Å². The van der Waals surface area contributed by atoms with Crippen LogP contribution >= 0.6 is 23.1 Å². The molecule has 0 spiro atoms. The molecule has 1 atom stereocenters. The van der Waals surface area contributed by atoms with Gasteiger partial charge in [-0.3, -0.25) is 9.59 Å². The van der Waals surface area contributed by atoms with Gasteiger partial charge < -0.3 is 15.8 Å². The number of nitrogens with two attached hydrogens (primary N) is 1. The third-order valence-corrected chi connectivity index (χ3v) is 4.47. The highest BCUT2D eigenvalue weighted by Crippen LogP contribution is 2.27. The van der Waals surface area contributed by atoms with Gasteiger partial charge in [-0.05, 0) is 40.4 Å². The van der Waals surface area contributed by atoms with Crippen LogP contribution in [0.1, 0.15) is 51.0 Å². The lowest BCUT2D eigenvalue weighted by atomic mass is 10.1. The van der Waals surface area contributed by atoms with Gasteiger partial charge in [0.05, 0.1) is 0 Å². The second-order valence-corrected chi connectivity index (χ2v) is 7.98. The average Bonchev–Trinajstić information content (AvgIpc) is 2.76. The van der Waals surface area contributed by atoms with E-state index in [-0.39, 0.29) is 30.0 Å². The number of amides is 1. The minimum atomic E-state index is -0.493. The molecular formula is C14H23N3O3S2. The van der Waals surface area contributed by atoms with E-state index in [9.17, 15) is 9.59 Å². The van der Waals surface area contributed by atoms with Crippen molar-refractivity contribution < 1.29 is 14.3 Å². The van der Waals surface area contributed by atoms with Crippen LogP contribution in [-0.2, 0) is 9.53 Å². The molecule has 1 rings (SSSR count).